The zero-order valence-electron chi connectivity index (χ0n) is 10.3. The van der Waals surface area contributed by atoms with Crippen LogP contribution in [0.5, 0.6) is 11.5 Å². The van der Waals surface area contributed by atoms with Crippen molar-refractivity contribution in [1.29, 1.82) is 0 Å². The molecule has 1 heterocycles. The molecule has 0 fully saturated rings. The number of amides is 1. The van der Waals surface area contributed by atoms with E-state index in [9.17, 15) is 4.79 Å². The van der Waals surface area contributed by atoms with Gasteiger partial charge in [-0.3, -0.25) is 4.79 Å². The standard InChI is InChI=1S/C14H14ClNO3/c1-2-5-16-13(17)4-3-10-8-11(15)14-12(9-10)18-6-7-19-14/h2-4,8-9H,1,5-7H2,(H,16,17). The Balaban J connectivity index is 2.13. The molecule has 19 heavy (non-hydrogen) atoms. The lowest BCUT2D eigenvalue weighted by atomic mass is 10.1. The van der Waals surface area contributed by atoms with Crippen molar-refractivity contribution in [2.75, 3.05) is 19.8 Å². The molecular weight excluding hydrogens is 266 g/mol. The minimum Gasteiger partial charge on any atom is -0.486 e. The topological polar surface area (TPSA) is 47.6 Å². The number of ether oxygens (including phenoxy) is 2. The van der Waals surface area contributed by atoms with Crippen molar-refractivity contribution in [2.24, 2.45) is 0 Å². The summed E-state index contributed by atoms with van der Waals surface area (Å²) in [6, 6.07) is 3.52. The van der Waals surface area contributed by atoms with Gasteiger partial charge in [0.2, 0.25) is 5.91 Å². The molecular formula is C14H14ClNO3. The smallest absolute Gasteiger partial charge is 0.244 e. The molecule has 1 aliphatic heterocycles. The quantitative estimate of drug-likeness (QED) is 0.680. The number of carbonyl (C=O) groups excluding carboxylic acids is 1. The van der Waals surface area contributed by atoms with E-state index in [-0.39, 0.29) is 5.91 Å². The van der Waals surface area contributed by atoms with Gasteiger partial charge in [-0.15, -0.1) is 6.58 Å². The van der Waals surface area contributed by atoms with Gasteiger partial charge in [-0.25, -0.2) is 0 Å². The molecule has 100 valence electrons. The summed E-state index contributed by atoms with van der Waals surface area (Å²) in [7, 11) is 0. The average Bonchev–Trinajstić information content (AvgIpc) is 2.43. The number of carbonyl (C=O) groups is 1. The lowest BCUT2D eigenvalue weighted by molar-refractivity contribution is -0.116. The maximum atomic E-state index is 11.4. The van der Waals surface area contributed by atoms with Crippen molar-refractivity contribution in [3.63, 3.8) is 0 Å². The molecule has 0 aliphatic carbocycles. The van der Waals surface area contributed by atoms with E-state index in [4.69, 9.17) is 21.1 Å². The Morgan fingerprint density at radius 2 is 2.21 bits per heavy atom. The molecule has 0 saturated carbocycles. The van der Waals surface area contributed by atoms with E-state index in [1.165, 1.54) is 6.08 Å². The fourth-order valence-electron chi connectivity index (χ4n) is 1.63. The van der Waals surface area contributed by atoms with Gasteiger partial charge in [-0.1, -0.05) is 17.7 Å². The first kappa shape index (κ1) is 13.5. The van der Waals surface area contributed by atoms with Crippen molar-refractivity contribution in [2.45, 2.75) is 0 Å². The van der Waals surface area contributed by atoms with Crippen molar-refractivity contribution in [3.05, 3.63) is 41.4 Å². The van der Waals surface area contributed by atoms with Crippen LogP contribution < -0.4 is 14.8 Å². The highest BCUT2D eigenvalue weighted by molar-refractivity contribution is 6.32. The molecule has 0 radical (unpaired) electrons. The predicted molar refractivity (Wildman–Crippen MR) is 74.7 cm³/mol. The predicted octanol–water partition coefficient (Wildman–Crippen LogP) is 2.43. The second-order valence-electron chi connectivity index (χ2n) is 3.89. The SMILES string of the molecule is C=CCNC(=O)C=Cc1cc(Cl)c2c(c1)OCCO2. The number of halogens is 1. The molecule has 0 atom stereocenters. The number of benzene rings is 1. The molecule has 1 N–H and O–H groups in total. The van der Waals surface area contributed by atoms with E-state index in [0.29, 0.717) is 36.3 Å². The van der Waals surface area contributed by atoms with E-state index in [1.54, 1.807) is 24.3 Å². The van der Waals surface area contributed by atoms with Crippen LogP contribution in [0.25, 0.3) is 6.08 Å². The second-order valence-corrected chi connectivity index (χ2v) is 4.30. The number of nitrogens with one attached hydrogen (secondary N) is 1. The maximum Gasteiger partial charge on any atom is 0.244 e. The van der Waals surface area contributed by atoms with Crippen LogP contribution in [0.3, 0.4) is 0 Å². The van der Waals surface area contributed by atoms with E-state index in [0.717, 1.165) is 5.56 Å². The number of hydrogen-bond donors (Lipinski definition) is 1. The van der Waals surface area contributed by atoms with E-state index in [2.05, 4.69) is 11.9 Å². The Bertz CT molecular complexity index is 526. The monoisotopic (exact) mass is 279 g/mol. The highest BCUT2D eigenvalue weighted by Crippen LogP contribution is 2.38. The van der Waals surface area contributed by atoms with E-state index < -0.39 is 0 Å². The Morgan fingerprint density at radius 3 is 3.00 bits per heavy atom. The zero-order chi connectivity index (χ0) is 13.7. The van der Waals surface area contributed by atoms with Crippen molar-refractivity contribution < 1.29 is 14.3 Å². The molecule has 5 heteroatoms. The van der Waals surface area contributed by atoms with Gasteiger partial charge < -0.3 is 14.8 Å². The molecule has 0 bridgehead atoms. The van der Waals surface area contributed by atoms with Gasteiger partial charge in [-0.2, -0.15) is 0 Å². The molecule has 1 aromatic carbocycles. The van der Waals surface area contributed by atoms with Crippen LogP contribution in [0.2, 0.25) is 5.02 Å². The summed E-state index contributed by atoms with van der Waals surface area (Å²) >= 11 is 6.09. The summed E-state index contributed by atoms with van der Waals surface area (Å²) in [6.07, 6.45) is 4.72. The molecule has 4 nitrogen and oxygen atoms in total. The lowest BCUT2D eigenvalue weighted by Gasteiger charge is -2.19. The van der Waals surface area contributed by atoms with E-state index >= 15 is 0 Å². The van der Waals surface area contributed by atoms with Crippen LogP contribution in [0, 0.1) is 0 Å². The summed E-state index contributed by atoms with van der Waals surface area (Å²) in [5.74, 6) is 0.969. The molecule has 0 unspecified atom stereocenters. The first-order valence-corrected chi connectivity index (χ1v) is 6.24. The largest absolute Gasteiger partial charge is 0.486 e. The number of hydrogen-bond acceptors (Lipinski definition) is 3. The Kier molecular flexibility index (Phi) is 4.47. The van der Waals surface area contributed by atoms with Gasteiger partial charge in [0.05, 0.1) is 5.02 Å². The summed E-state index contributed by atoms with van der Waals surface area (Å²) < 4.78 is 10.9. The molecule has 1 aromatic rings. The molecule has 1 amide bonds. The van der Waals surface area contributed by atoms with Crippen molar-refractivity contribution >= 4 is 23.6 Å². The highest BCUT2D eigenvalue weighted by atomic mass is 35.5. The van der Waals surface area contributed by atoms with Gasteiger partial charge >= 0.3 is 0 Å². The summed E-state index contributed by atoms with van der Waals surface area (Å²) in [6.45, 7) is 4.95. The Morgan fingerprint density at radius 1 is 1.42 bits per heavy atom. The normalized spacial score (nSPS) is 13.3. The third-order valence-corrected chi connectivity index (χ3v) is 2.75. The van der Waals surface area contributed by atoms with Crippen LogP contribution in [-0.4, -0.2) is 25.7 Å². The minimum absolute atomic E-state index is 0.189. The molecule has 1 aliphatic rings. The van der Waals surface area contributed by atoms with Crippen LogP contribution in [0.1, 0.15) is 5.56 Å². The number of rotatable bonds is 4. The summed E-state index contributed by atoms with van der Waals surface area (Å²) in [5.41, 5.74) is 0.781. The molecule has 2 rings (SSSR count). The maximum absolute atomic E-state index is 11.4. The van der Waals surface area contributed by atoms with Crippen LogP contribution in [-0.2, 0) is 4.79 Å². The summed E-state index contributed by atoms with van der Waals surface area (Å²) in [5, 5.41) is 3.12. The Hall–Kier alpha value is -1.94. The third-order valence-electron chi connectivity index (χ3n) is 2.47. The minimum atomic E-state index is -0.189. The summed E-state index contributed by atoms with van der Waals surface area (Å²) in [4.78, 5) is 11.4. The van der Waals surface area contributed by atoms with Gasteiger partial charge in [0, 0.05) is 12.6 Å². The Labute approximate surface area is 116 Å². The second kappa shape index (κ2) is 6.29. The van der Waals surface area contributed by atoms with Gasteiger partial charge in [0.15, 0.2) is 11.5 Å². The first-order valence-electron chi connectivity index (χ1n) is 5.86. The molecule has 0 saturated heterocycles. The zero-order valence-corrected chi connectivity index (χ0v) is 11.1. The highest BCUT2D eigenvalue weighted by Gasteiger charge is 2.15. The van der Waals surface area contributed by atoms with Crippen molar-refractivity contribution in [1.82, 2.24) is 5.32 Å². The molecule has 0 spiro atoms. The van der Waals surface area contributed by atoms with Crippen molar-refractivity contribution in [3.8, 4) is 11.5 Å². The van der Waals surface area contributed by atoms with E-state index in [1.807, 2.05) is 0 Å². The van der Waals surface area contributed by atoms with Crippen LogP contribution in [0.4, 0.5) is 0 Å². The third kappa shape index (κ3) is 3.51. The van der Waals surface area contributed by atoms with Crippen LogP contribution in [0.15, 0.2) is 30.9 Å². The fourth-order valence-corrected chi connectivity index (χ4v) is 1.90. The first-order chi connectivity index (χ1) is 9.20. The van der Waals surface area contributed by atoms with Crippen LogP contribution >= 0.6 is 11.6 Å². The molecule has 0 aromatic heterocycles. The lowest BCUT2D eigenvalue weighted by Crippen LogP contribution is -2.20. The average molecular weight is 280 g/mol. The van der Waals surface area contributed by atoms with Gasteiger partial charge in [0.25, 0.3) is 0 Å². The van der Waals surface area contributed by atoms with Gasteiger partial charge in [-0.05, 0) is 23.8 Å². The fraction of sp³-hybridized carbons (Fsp3) is 0.214. The number of fused-ring (bicyclic) bond motifs is 1. The van der Waals surface area contributed by atoms with Gasteiger partial charge in [0.1, 0.15) is 13.2 Å².